The van der Waals surface area contributed by atoms with Crippen molar-refractivity contribution < 1.29 is 0 Å². The van der Waals surface area contributed by atoms with E-state index in [1.807, 2.05) is 24.5 Å². The smallest absolute Gasteiger partial charge is 0.0970 e. The van der Waals surface area contributed by atoms with Gasteiger partial charge in [-0.25, -0.2) is 4.98 Å². The molecule has 11 rings (SSSR count). The number of fused-ring (bicyclic) bond motifs is 16. The summed E-state index contributed by atoms with van der Waals surface area (Å²) >= 11 is 0. The number of hydrogen-bond donors (Lipinski definition) is 0. The molecule has 9 aromatic rings. The van der Waals surface area contributed by atoms with E-state index in [0.717, 1.165) is 44.0 Å². The Labute approximate surface area is 270 Å². The zero-order valence-electron chi connectivity index (χ0n) is 25.3. The van der Waals surface area contributed by atoms with Crippen molar-refractivity contribution in [3.63, 3.8) is 0 Å². The lowest BCUT2D eigenvalue weighted by molar-refractivity contribution is 0.793. The second-order valence-corrected chi connectivity index (χ2v) is 12.7. The molecule has 0 N–H and O–H groups in total. The SMILES string of the molecule is c1ccc2c(c1)-c1ccc(-c3cc4cccnc4c4ncccc34)cc1C21c2ccccc2-c2nc3c(ccc4ccccc43)cc21. The van der Waals surface area contributed by atoms with Crippen LogP contribution in [0.2, 0.25) is 0 Å². The Morgan fingerprint density at radius 2 is 1.04 bits per heavy atom. The highest BCUT2D eigenvalue weighted by atomic mass is 14.7. The van der Waals surface area contributed by atoms with Crippen molar-refractivity contribution >= 4 is 43.5 Å². The molecule has 2 aliphatic rings. The van der Waals surface area contributed by atoms with E-state index in [0.29, 0.717) is 0 Å². The third kappa shape index (κ3) is 3.13. The van der Waals surface area contributed by atoms with Gasteiger partial charge >= 0.3 is 0 Å². The van der Waals surface area contributed by atoms with Gasteiger partial charge in [-0.05, 0) is 80.2 Å². The molecule has 1 spiro atoms. The summed E-state index contributed by atoms with van der Waals surface area (Å²) in [7, 11) is 0. The molecule has 0 bridgehead atoms. The summed E-state index contributed by atoms with van der Waals surface area (Å²) < 4.78 is 0. The Bertz CT molecular complexity index is 2820. The third-order valence-corrected chi connectivity index (χ3v) is 10.5. The minimum Gasteiger partial charge on any atom is -0.254 e. The first-order valence-electron chi connectivity index (χ1n) is 16.1. The molecule has 0 saturated heterocycles. The number of rotatable bonds is 1. The van der Waals surface area contributed by atoms with Crippen molar-refractivity contribution in [3.05, 3.63) is 174 Å². The lowest BCUT2D eigenvalue weighted by atomic mass is 9.70. The molecule has 0 amide bonds. The van der Waals surface area contributed by atoms with Crippen molar-refractivity contribution in [2.75, 3.05) is 0 Å². The molecule has 0 fully saturated rings. The largest absolute Gasteiger partial charge is 0.254 e. The Morgan fingerprint density at radius 1 is 0.383 bits per heavy atom. The zero-order valence-corrected chi connectivity index (χ0v) is 25.3. The average Bonchev–Trinajstić information content (AvgIpc) is 3.60. The molecule has 2 aliphatic carbocycles. The molecule has 1 unspecified atom stereocenters. The van der Waals surface area contributed by atoms with Gasteiger partial charge in [0.15, 0.2) is 0 Å². The van der Waals surface area contributed by atoms with Crippen LogP contribution in [-0.2, 0) is 5.41 Å². The molecule has 3 heteroatoms. The van der Waals surface area contributed by atoms with E-state index in [-0.39, 0.29) is 0 Å². The molecule has 1 atom stereocenters. The fourth-order valence-electron chi connectivity index (χ4n) is 8.60. The van der Waals surface area contributed by atoms with Crippen LogP contribution in [0.25, 0.3) is 77.0 Å². The first-order chi connectivity index (χ1) is 23.3. The van der Waals surface area contributed by atoms with Gasteiger partial charge in [0.25, 0.3) is 0 Å². The lowest BCUT2D eigenvalue weighted by Crippen LogP contribution is -2.26. The van der Waals surface area contributed by atoms with Crippen molar-refractivity contribution in [3.8, 4) is 33.5 Å². The van der Waals surface area contributed by atoms with E-state index in [9.17, 15) is 0 Å². The molecule has 0 aliphatic heterocycles. The Morgan fingerprint density at radius 3 is 1.96 bits per heavy atom. The van der Waals surface area contributed by atoms with Crippen LogP contribution in [0.4, 0.5) is 0 Å². The average molecular weight is 596 g/mol. The summed E-state index contributed by atoms with van der Waals surface area (Å²) in [6, 6.07) is 51.0. The van der Waals surface area contributed by atoms with Crippen LogP contribution in [0.15, 0.2) is 152 Å². The maximum absolute atomic E-state index is 5.53. The fraction of sp³-hybridized carbons (Fsp3) is 0.0227. The monoisotopic (exact) mass is 595 g/mol. The van der Waals surface area contributed by atoms with Gasteiger partial charge in [0.05, 0.1) is 27.7 Å². The van der Waals surface area contributed by atoms with E-state index >= 15 is 0 Å². The highest BCUT2D eigenvalue weighted by molar-refractivity contribution is 6.11. The Kier molecular flexibility index (Phi) is 4.78. The van der Waals surface area contributed by atoms with Gasteiger partial charge in [-0.2, -0.15) is 0 Å². The van der Waals surface area contributed by atoms with Gasteiger partial charge in [0, 0.05) is 39.5 Å². The van der Waals surface area contributed by atoms with Crippen LogP contribution in [0.3, 0.4) is 0 Å². The molecule has 3 aromatic heterocycles. The summed E-state index contributed by atoms with van der Waals surface area (Å²) in [4.78, 5) is 15.1. The predicted octanol–water partition coefficient (Wildman–Crippen LogP) is 10.5. The Hall–Kier alpha value is -6.19. The maximum Gasteiger partial charge on any atom is 0.0970 e. The predicted molar refractivity (Wildman–Crippen MR) is 192 cm³/mol. The van der Waals surface area contributed by atoms with Crippen molar-refractivity contribution in [1.82, 2.24) is 15.0 Å². The molecule has 6 aromatic carbocycles. The summed E-state index contributed by atoms with van der Waals surface area (Å²) in [6.45, 7) is 0. The van der Waals surface area contributed by atoms with E-state index < -0.39 is 5.41 Å². The van der Waals surface area contributed by atoms with Gasteiger partial charge < -0.3 is 0 Å². The van der Waals surface area contributed by atoms with Gasteiger partial charge in [-0.3, -0.25) is 9.97 Å². The minimum atomic E-state index is -0.493. The second kappa shape index (κ2) is 8.96. The summed E-state index contributed by atoms with van der Waals surface area (Å²) in [5.74, 6) is 0. The molecule has 47 heavy (non-hydrogen) atoms. The van der Waals surface area contributed by atoms with Crippen LogP contribution >= 0.6 is 0 Å². The van der Waals surface area contributed by atoms with Gasteiger partial charge in [0.1, 0.15) is 0 Å². The van der Waals surface area contributed by atoms with E-state index in [4.69, 9.17) is 15.0 Å². The van der Waals surface area contributed by atoms with Crippen molar-refractivity contribution in [2.24, 2.45) is 0 Å². The number of hydrogen-bond acceptors (Lipinski definition) is 3. The topological polar surface area (TPSA) is 38.7 Å². The Balaban J connectivity index is 1.26. The molecule has 0 saturated carbocycles. The molecule has 216 valence electrons. The van der Waals surface area contributed by atoms with Crippen molar-refractivity contribution in [2.45, 2.75) is 5.41 Å². The molecule has 0 radical (unpaired) electrons. The quantitative estimate of drug-likeness (QED) is 0.177. The number of nitrogens with zero attached hydrogens (tertiary/aromatic N) is 3. The molecular formula is C44H25N3. The number of aromatic nitrogens is 3. The lowest BCUT2D eigenvalue weighted by Gasteiger charge is -2.30. The molecule has 3 heterocycles. The highest BCUT2D eigenvalue weighted by Gasteiger charge is 2.52. The summed E-state index contributed by atoms with van der Waals surface area (Å²) in [5, 5.41) is 5.76. The zero-order chi connectivity index (χ0) is 30.7. The summed E-state index contributed by atoms with van der Waals surface area (Å²) in [5.41, 5.74) is 14.7. The number of pyridine rings is 3. The fourth-order valence-corrected chi connectivity index (χ4v) is 8.60. The molecular weight excluding hydrogens is 571 g/mol. The number of benzene rings is 6. The van der Waals surface area contributed by atoms with Gasteiger partial charge in [-0.15, -0.1) is 0 Å². The van der Waals surface area contributed by atoms with Crippen LogP contribution in [0, 0.1) is 0 Å². The summed E-state index contributed by atoms with van der Waals surface area (Å²) in [6.07, 6.45) is 3.71. The van der Waals surface area contributed by atoms with Crippen molar-refractivity contribution in [1.29, 1.82) is 0 Å². The van der Waals surface area contributed by atoms with E-state index in [2.05, 4.69) is 127 Å². The third-order valence-electron chi connectivity index (χ3n) is 10.5. The first kappa shape index (κ1) is 25.1. The van der Waals surface area contributed by atoms with E-state index in [1.54, 1.807) is 0 Å². The van der Waals surface area contributed by atoms with Gasteiger partial charge in [0.2, 0.25) is 0 Å². The standard InChI is InChI=1S/C44H25N3/c1-2-11-30-26(9-1)17-18-29-25-39-42(47-40(29)30)34-13-4-6-16-37(34)44(39)36-15-5-3-12-31(36)32-20-19-27(24-38(32)44)35-23-28-10-7-21-45-41(28)43-33(35)14-8-22-46-43/h1-25H. The first-order valence-corrected chi connectivity index (χ1v) is 16.1. The maximum atomic E-state index is 5.53. The normalized spacial score (nSPS) is 15.7. The van der Waals surface area contributed by atoms with Crippen LogP contribution in [0.1, 0.15) is 22.3 Å². The van der Waals surface area contributed by atoms with Crippen LogP contribution in [0.5, 0.6) is 0 Å². The highest BCUT2D eigenvalue weighted by Crippen LogP contribution is 2.63. The minimum absolute atomic E-state index is 0.493. The van der Waals surface area contributed by atoms with Gasteiger partial charge in [-0.1, -0.05) is 109 Å². The second-order valence-electron chi connectivity index (χ2n) is 12.7. The van der Waals surface area contributed by atoms with E-state index in [1.165, 1.54) is 55.3 Å². The van der Waals surface area contributed by atoms with Crippen LogP contribution in [-0.4, -0.2) is 15.0 Å². The van der Waals surface area contributed by atoms with Crippen LogP contribution < -0.4 is 0 Å². The molecule has 3 nitrogen and oxygen atoms in total.